The Morgan fingerprint density at radius 2 is 1.74 bits per heavy atom. The molecule has 0 atom stereocenters. The molecule has 19 heavy (non-hydrogen) atoms. The van der Waals surface area contributed by atoms with Crippen molar-refractivity contribution in [2.24, 2.45) is 0 Å². The van der Waals surface area contributed by atoms with Crippen LogP contribution in [0, 0.1) is 3.57 Å². The lowest BCUT2D eigenvalue weighted by Crippen LogP contribution is -1.80. The Balaban J connectivity index is 2.06. The molecule has 4 heteroatoms. The van der Waals surface area contributed by atoms with Crippen molar-refractivity contribution >= 4 is 54.8 Å². The highest BCUT2D eigenvalue weighted by Crippen LogP contribution is 2.29. The van der Waals surface area contributed by atoms with Gasteiger partial charge in [0.05, 0.1) is 7.11 Å². The lowest BCUT2D eigenvalue weighted by atomic mass is 10.2. The van der Waals surface area contributed by atoms with Crippen molar-refractivity contribution in [1.82, 2.24) is 0 Å². The number of hydrogen-bond donors (Lipinski definition) is 0. The van der Waals surface area contributed by atoms with Gasteiger partial charge >= 0.3 is 0 Å². The highest BCUT2D eigenvalue weighted by molar-refractivity contribution is 14.1. The second-order valence-electron chi connectivity index (χ2n) is 3.77. The van der Waals surface area contributed by atoms with Gasteiger partial charge in [-0.2, -0.15) is 0 Å². The zero-order chi connectivity index (χ0) is 13.7. The van der Waals surface area contributed by atoms with E-state index in [1.54, 1.807) is 18.9 Å². The highest BCUT2D eigenvalue weighted by Gasteiger charge is 1.98. The summed E-state index contributed by atoms with van der Waals surface area (Å²) in [4.78, 5) is 1.18. The number of hydrogen-bond acceptors (Lipinski definition) is 2. The van der Waals surface area contributed by atoms with Crippen LogP contribution in [0.3, 0.4) is 0 Å². The fourth-order valence-corrected chi connectivity index (χ4v) is 3.02. The smallest absolute Gasteiger partial charge is 0.118 e. The van der Waals surface area contributed by atoms with E-state index in [4.69, 9.17) is 4.74 Å². The van der Waals surface area contributed by atoms with Crippen molar-refractivity contribution in [2.45, 2.75) is 4.90 Å². The Kier molecular flexibility index (Phi) is 5.78. The number of benzene rings is 2. The summed E-state index contributed by atoms with van der Waals surface area (Å²) in [6.45, 7) is 0. The summed E-state index contributed by atoms with van der Waals surface area (Å²) in [6.07, 6.45) is 0. The van der Waals surface area contributed by atoms with Gasteiger partial charge in [-0.05, 0) is 85.9 Å². The molecular formula is C15H12BrIOS. The maximum absolute atomic E-state index is 5.14. The monoisotopic (exact) mass is 446 g/mol. The molecular weight excluding hydrogens is 435 g/mol. The molecule has 2 rings (SSSR count). The molecule has 0 N–H and O–H groups in total. The van der Waals surface area contributed by atoms with E-state index in [-0.39, 0.29) is 0 Å². The molecule has 0 aromatic heterocycles. The van der Waals surface area contributed by atoms with Gasteiger partial charge in [0.2, 0.25) is 0 Å². The first-order valence-electron chi connectivity index (χ1n) is 5.61. The van der Waals surface area contributed by atoms with Gasteiger partial charge in [0.15, 0.2) is 0 Å². The molecule has 0 saturated heterocycles. The molecule has 0 bridgehead atoms. The second kappa shape index (κ2) is 7.36. The maximum Gasteiger partial charge on any atom is 0.118 e. The normalized spacial score (nSPS) is 11.4. The minimum absolute atomic E-state index is 0.880. The number of thioether (sulfide) groups is 1. The molecule has 0 fully saturated rings. The lowest BCUT2D eigenvalue weighted by Gasteiger charge is -2.02. The van der Waals surface area contributed by atoms with E-state index in [0.29, 0.717) is 0 Å². The maximum atomic E-state index is 5.14. The largest absolute Gasteiger partial charge is 0.497 e. The van der Waals surface area contributed by atoms with E-state index in [1.807, 2.05) is 24.3 Å². The lowest BCUT2D eigenvalue weighted by molar-refractivity contribution is 0.414. The number of rotatable bonds is 4. The first-order valence-corrected chi connectivity index (χ1v) is 8.36. The van der Waals surface area contributed by atoms with E-state index >= 15 is 0 Å². The summed E-state index contributed by atoms with van der Waals surface area (Å²) in [6, 6.07) is 16.5. The van der Waals surface area contributed by atoms with Gasteiger partial charge in [0.1, 0.15) is 5.75 Å². The summed E-state index contributed by atoms with van der Waals surface area (Å²) >= 11 is 7.60. The minimum Gasteiger partial charge on any atom is -0.497 e. The second-order valence-corrected chi connectivity index (χ2v) is 6.81. The van der Waals surface area contributed by atoms with Crippen LogP contribution in [0.2, 0.25) is 0 Å². The summed E-state index contributed by atoms with van der Waals surface area (Å²) in [5, 5.41) is 2.10. The fourth-order valence-electron chi connectivity index (χ4n) is 1.45. The first-order chi connectivity index (χ1) is 9.19. The van der Waals surface area contributed by atoms with Crippen molar-refractivity contribution < 1.29 is 4.74 Å². The van der Waals surface area contributed by atoms with Crippen LogP contribution in [0.25, 0.3) is 4.48 Å². The predicted octanol–water partition coefficient (Wildman–Crippen LogP) is 5.79. The molecule has 0 aliphatic heterocycles. The van der Waals surface area contributed by atoms with E-state index < -0.39 is 0 Å². The van der Waals surface area contributed by atoms with Crippen LogP contribution in [-0.2, 0) is 0 Å². The van der Waals surface area contributed by atoms with Gasteiger partial charge < -0.3 is 4.74 Å². The van der Waals surface area contributed by atoms with Crippen molar-refractivity contribution in [3.05, 3.63) is 63.1 Å². The first kappa shape index (κ1) is 14.9. The molecule has 2 aromatic carbocycles. The minimum atomic E-state index is 0.880. The van der Waals surface area contributed by atoms with E-state index in [1.165, 1.54) is 14.0 Å². The average Bonchev–Trinajstić information content (AvgIpc) is 2.46. The quantitative estimate of drug-likeness (QED) is 0.434. The molecule has 0 aliphatic carbocycles. The van der Waals surface area contributed by atoms with E-state index in [2.05, 4.69) is 68.2 Å². The standard InChI is InChI=1S/C15H12BrIOS/c1-18-13-6-8-14(9-7-13)19-10-15(16)11-2-4-12(17)5-3-11/h2-10H,1H3/b15-10+. The van der Waals surface area contributed by atoms with Crippen LogP contribution in [-0.4, -0.2) is 7.11 Å². The number of ether oxygens (including phenoxy) is 1. The van der Waals surface area contributed by atoms with Gasteiger partial charge in [0, 0.05) is 12.9 Å². The van der Waals surface area contributed by atoms with Gasteiger partial charge in [0.25, 0.3) is 0 Å². The predicted molar refractivity (Wildman–Crippen MR) is 94.9 cm³/mol. The van der Waals surface area contributed by atoms with Crippen LogP contribution in [0.5, 0.6) is 5.75 Å². The van der Waals surface area contributed by atoms with Crippen molar-refractivity contribution in [3.8, 4) is 5.75 Å². The molecule has 0 saturated carbocycles. The van der Waals surface area contributed by atoms with Gasteiger partial charge in [-0.1, -0.05) is 23.9 Å². The SMILES string of the molecule is COc1ccc(S/C=C(/Br)c2ccc(I)cc2)cc1. The molecule has 0 spiro atoms. The number of methoxy groups -OCH3 is 1. The summed E-state index contributed by atoms with van der Waals surface area (Å²) in [7, 11) is 1.68. The molecule has 0 heterocycles. The topological polar surface area (TPSA) is 9.23 Å². The van der Waals surface area contributed by atoms with Crippen molar-refractivity contribution in [3.63, 3.8) is 0 Å². The Bertz CT molecular complexity index is 564. The molecule has 0 aliphatic rings. The molecule has 98 valence electrons. The zero-order valence-corrected chi connectivity index (χ0v) is 14.8. The van der Waals surface area contributed by atoms with Crippen LogP contribution < -0.4 is 4.74 Å². The third-order valence-electron chi connectivity index (χ3n) is 2.48. The third-order valence-corrected chi connectivity index (χ3v) is 5.08. The molecule has 0 amide bonds. The van der Waals surface area contributed by atoms with Crippen LogP contribution >= 0.6 is 50.3 Å². The van der Waals surface area contributed by atoms with Gasteiger partial charge in [-0.3, -0.25) is 0 Å². The number of halogens is 2. The van der Waals surface area contributed by atoms with Crippen LogP contribution in [0.1, 0.15) is 5.56 Å². The zero-order valence-electron chi connectivity index (χ0n) is 10.3. The fraction of sp³-hybridized carbons (Fsp3) is 0.0667. The Morgan fingerprint density at radius 1 is 1.11 bits per heavy atom. The van der Waals surface area contributed by atoms with Crippen molar-refractivity contribution in [1.29, 1.82) is 0 Å². The highest BCUT2D eigenvalue weighted by atomic mass is 127. The third kappa shape index (κ3) is 4.54. The van der Waals surface area contributed by atoms with Gasteiger partial charge in [-0.25, -0.2) is 0 Å². The Labute approximate surface area is 139 Å². The Morgan fingerprint density at radius 3 is 2.32 bits per heavy atom. The van der Waals surface area contributed by atoms with Crippen LogP contribution in [0.15, 0.2) is 58.8 Å². The Hall–Kier alpha value is -0.460. The molecule has 1 nitrogen and oxygen atoms in total. The van der Waals surface area contributed by atoms with Crippen molar-refractivity contribution in [2.75, 3.05) is 7.11 Å². The summed E-state index contributed by atoms with van der Waals surface area (Å²) < 4.78 is 7.47. The van der Waals surface area contributed by atoms with E-state index in [0.717, 1.165) is 10.2 Å². The molecule has 2 aromatic rings. The van der Waals surface area contributed by atoms with Crippen LogP contribution in [0.4, 0.5) is 0 Å². The summed E-state index contributed by atoms with van der Waals surface area (Å²) in [5.41, 5.74) is 1.18. The van der Waals surface area contributed by atoms with Gasteiger partial charge in [-0.15, -0.1) is 0 Å². The molecule has 0 unspecified atom stereocenters. The molecule has 0 radical (unpaired) electrons. The summed E-state index contributed by atoms with van der Waals surface area (Å²) in [5.74, 6) is 0.880. The average molecular weight is 447 g/mol. The van der Waals surface area contributed by atoms with E-state index in [9.17, 15) is 0 Å².